The van der Waals surface area contributed by atoms with Gasteiger partial charge in [-0.25, -0.2) is 4.79 Å². The summed E-state index contributed by atoms with van der Waals surface area (Å²) in [6, 6.07) is 2.60. The van der Waals surface area contributed by atoms with Crippen LogP contribution < -0.4 is 5.11 Å². The molecule has 3 saturated heterocycles. The van der Waals surface area contributed by atoms with Crippen molar-refractivity contribution in [2.45, 2.75) is 77.2 Å². The van der Waals surface area contributed by atoms with Crippen LogP contribution in [0.5, 0.6) is 0 Å². The van der Waals surface area contributed by atoms with Gasteiger partial charge in [0.2, 0.25) is 0 Å². The van der Waals surface area contributed by atoms with Crippen LogP contribution in [0.3, 0.4) is 0 Å². The Kier molecular flexibility index (Phi) is 7.99. The number of aryl methyl sites for hydroxylation is 2. The third-order valence-electron chi connectivity index (χ3n) is 7.25. The lowest BCUT2D eigenvalue weighted by Crippen LogP contribution is -2.62. The molecule has 4 fully saturated rings. The maximum atomic E-state index is 13.2. The molecular formula is C23H33F3N2O4S. The maximum absolute atomic E-state index is 13.2. The van der Waals surface area contributed by atoms with Crippen LogP contribution in [0.25, 0.3) is 0 Å². The minimum atomic E-state index is -5.19. The molecule has 0 unspecified atom stereocenters. The van der Waals surface area contributed by atoms with Crippen LogP contribution in [-0.4, -0.2) is 66.4 Å². The molecule has 6 nitrogen and oxygen atoms in total. The number of alkyl halides is 3. The Labute approximate surface area is 196 Å². The van der Waals surface area contributed by atoms with E-state index in [4.69, 9.17) is 14.6 Å². The molecule has 0 aromatic carbocycles. The van der Waals surface area contributed by atoms with Crippen LogP contribution in [0, 0.1) is 19.8 Å². The number of carbonyl (C=O) groups is 2. The number of halogens is 3. The highest BCUT2D eigenvalue weighted by atomic mass is 32.1. The molecule has 4 heterocycles. The third kappa shape index (κ3) is 6.62. The number of aliphatic carboxylic acids is 1. The van der Waals surface area contributed by atoms with Crippen molar-refractivity contribution in [3.05, 3.63) is 21.4 Å². The number of carboxylic acid groups (broad SMARTS) is 1. The monoisotopic (exact) mass is 490 g/mol. The molecule has 3 aliphatic heterocycles. The van der Waals surface area contributed by atoms with Gasteiger partial charge in [0, 0.05) is 34.6 Å². The first-order chi connectivity index (χ1) is 15.4. The van der Waals surface area contributed by atoms with Gasteiger partial charge in [0.1, 0.15) is 12.5 Å². The van der Waals surface area contributed by atoms with Crippen LogP contribution in [0.15, 0.2) is 6.07 Å². The molecule has 5 rings (SSSR count). The van der Waals surface area contributed by atoms with Crippen molar-refractivity contribution < 1.29 is 37.1 Å². The molecule has 186 valence electrons. The van der Waals surface area contributed by atoms with Gasteiger partial charge in [-0.3, -0.25) is 0 Å². The number of fused-ring (bicyclic) bond motifs is 3. The summed E-state index contributed by atoms with van der Waals surface area (Å²) in [5, 5.41) is 8.78. The number of carboxylic acids is 1. The van der Waals surface area contributed by atoms with Crippen molar-refractivity contribution in [3.8, 4) is 0 Å². The van der Waals surface area contributed by atoms with Gasteiger partial charge < -0.3 is 24.0 Å². The number of ether oxygens (including phenoxy) is 1. The zero-order valence-electron chi connectivity index (χ0n) is 19.5. The number of hydrogen-bond acceptors (Lipinski definition) is 5. The largest absolute Gasteiger partial charge is 0.542 e. The summed E-state index contributed by atoms with van der Waals surface area (Å²) >= 11 is 1.82. The molecule has 1 aromatic heterocycles. The van der Waals surface area contributed by atoms with Crippen LogP contribution >= 0.6 is 11.3 Å². The fourth-order valence-electron chi connectivity index (χ4n) is 5.13. The molecule has 10 heteroatoms. The Balaban J connectivity index is 0.000000383. The van der Waals surface area contributed by atoms with Crippen LogP contribution in [0.1, 0.15) is 53.8 Å². The number of carbonyl (C=O) groups excluding carboxylic acids is 2. The molecule has 0 spiro atoms. The SMILES string of the molecule is Cc1cc(CN(C(=O)O[C@H]2C[N+]3(C)CCC2CC3)C2CCCC2)sc1C.O=C([O-])C(F)(F)F. The normalized spacial score (nSPS) is 27.1. The van der Waals surface area contributed by atoms with Crippen LogP contribution in [0.4, 0.5) is 18.0 Å². The molecular weight excluding hydrogens is 457 g/mol. The van der Waals surface area contributed by atoms with Gasteiger partial charge in [0.05, 0.1) is 26.7 Å². The standard InChI is InChI=1S/C21H33N2O2S.C2HF3O2/c1-15-12-19(26-16(15)2)13-22(18-6-4-5-7-18)21(24)25-20-14-23(3)10-8-17(20)9-11-23;3-2(4,5)1(6)7/h12,17-18,20H,4-11,13-14H2,1-3H3;(H,6,7)/q+1;/p-1/t17?,20-,23?;/m0./s1. The minimum absolute atomic E-state index is 0.0639. The molecule has 1 amide bonds. The van der Waals surface area contributed by atoms with E-state index in [9.17, 15) is 18.0 Å². The van der Waals surface area contributed by atoms with E-state index >= 15 is 0 Å². The van der Waals surface area contributed by atoms with Gasteiger partial charge in [0.25, 0.3) is 0 Å². The molecule has 4 aliphatic rings. The Morgan fingerprint density at radius 3 is 2.21 bits per heavy atom. The molecule has 0 radical (unpaired) electrons. The van der Waals surface area contributed by atoms with E-state index in [1.807, 2.05) is 11.3 Å². The highest BCUT2D eigenvalue weighted by Crippen LogP contribution is 2.35. The Morgan fingerprint density at radius 2 is 1.76 bits per heavy atom. The minimum Gasteiger partial charge on any atom is -0.542 e. The molecule has 1 saturated carbocycles. The topological polar surface area (TPSA) is 69.7 Å². The van der Waals surface area contributed by atoms with Crippen molar-refractivity contribution in [3.63, 3.8) is 0 Å². The van der Waals surface area contributed by atoms with E-state index in [2.05, 4.69) is 31.9 Å². The summed E-state index contributed by atoms with van der Waals surface area (Å²) in [6.45, 7) is 8.54. The van der Waals surface area contributed by atoms with E-state index in [0.29, 0.717) is 18.5 Å². The smallest absolute Gasteiger partial charge is 0.430 e. The number of likely N-dealkylation sites (N-methyl/N-ethyl adjacent to an activating group) is 1. The van der Waals surface area contributed by atoms with Crippen LogP contribution in [-0.2, 0) is 16.1 Å². The fraction of sp³-hybridized carbons (Fsp3) is 0.739. The second-order valence-electron chi connectivity index (χ2n) is 9.81. The van der Waals surface area contributed by atoms with Gasteiger partial charge >= 0.3 is 12.3 Å². The summed E-state index contributed by atoms with van der Waals surface area (Å²) in [7, 11) is 2.32. The lowest BCUT2D eigenvalue weighted by atomic mass is 9.84. The molecule has 0 N–H and O–H groups in total. The fourth-order valence-corrected chi connectivity index (χ4v) is 6.19. The van der Waals surface area contributed by atoms with Gasteiger partial charge in [-0.1, -0.05) is 12.8 Å². The summed E-state index contributed by atoms with van der Waals surface area (Å²) in [4.78, 5) is 26.7. The van der Waals surface area contributed by atoms with E-state index in [-0.39, 0.29) is 12.2 Å². The van der Waals surface area contributed by atoms with E-state index in [1.165, 1.54) is 54.1 Å². The number of quaternary nitrogens is 1. The van der Waals surface area contributed by atoms with Crippen molar-refractivity contribution in [1.82, 2.24) is 4.90 Å². The quantitative estimate of drug-likeness (QED) is 0.603. The van der Waals surface area contributed by atoms with Gasteiger partial charge in [-0.2, -0.15) is 13.2 Å². The molecule has 1 aliphatic carbocycles. The summed E-state index contributed by atoms with van der Waals surface area (Å²) < 4.78 is 38.8. The number of rotatable bonds is 4. The van der Waals surface area contributed by atoms with Gasteiger partial charge in [0.15, 0.2) is 6.10 Å². The summed E-state index contributed by atoms with van der Waals surface area (Å²) in [6.07, 6.45) is 2.00. The molecule has 1 aromatic rings. The first-order valence-electron chi connectivity index (χ1n) is 11.5. The van der Waals surface area contributed by atoms with Crippen molar-refractivity contribution in [2.24, 2.45) is 5.92 Å². The van der Waals surface area contributed by atoms with Crippen LogP contribution in [0.2, 0.25) is 0 Å². The summed E-state index contributed by atoms with van der Waals surface area (Å²) in [5.41, 5.74) is 1.33. The third-order valence-corrected chi connectivity index (χ3v) is 8.39. The average Bonchev–Trinajstić information content (AvgIpc) is 3.36. The molecule has 33 heavy (non-hydrogen) atoms. The number of thiophene rings is 1. The highest BCUT2D eigenvalue weighted by molar-refractivity contribution is 7.12. The van der Waals surface area contributed by atoms with Crippen molar-refractivity contribution >= 4 is 23.4 Å². The molecule has 2 bridgehead atoms. The second kappa shape index (κ2) is 10.2. The predicted molar refractivity (Wildman–Crippen MR) is 116 cm³/mol. The maximum Gasteiger partial charge on any atom is 0.430 e. The van der Waals surface area contributed by atoms with E-state index in [1.54, 1.807) is 0 Å². The average molecular weight is 491 g/mol. The first-order valence-corrected chi connectivity index (χ1v) is 12.3. The zero-order chi connectivity index (χ0) is 24.4. The Morgan fingerprint density at radius 1 is 1.18 bits per heavy atom. The van der Waals surface area contributed by atoms with Crippen molar-refractivity contribution in [1.29, 1.82) is 0 Å². The van der Waals surface area contributed by atoms with Gasteiger partial charge in [-0.05, 0) is 38.3 Å². The number of piperidine rings is 3. The predicted octanol–water partition coefficient (Wildman–Crippen LogP) is 3.78. The number of amides is 1. The lowest BCUT2D eigenvalue weighted by Gasteiger charge is -2.50. The van der Waals surface area contributed by atoms with Crippen molar-refractivity contribution in [2.75, 3.05) is 26.7 Å². The first kappa shape index (κ1) is 25.8. The Hall–Kier alpha value is -1.81. The number of hydrogen-bond donors (Lipinski definition) is 0. The highest BCUT2D eigenvalue weighted by Gasteiger charge is 2.46. The second-order valence-corrected chi connectivity index (χ2v) is 11.2. The lowest BCUT2D eigenvalue weighted by molar-refractivity contribution is -0.928. The van der Waals surface area contributed by atoms with E-state index in [0.717, 1.165) is 23.9 Å². The zero-order valence-corrected chi connectivity index (χ0v) is 20.3. The molecule has 1 atom stereocenters. The van der Waals surface area contributed by atoms with E-state index < -0.39 is 12.1 Å². The number of nitrogens with zero attached hydrogens (tertiary/aromatic N) is 2. The van der Waals surface area contributed by atoms with Gasteiger partial charge in [-0.15, -0.1) is 11.3 Å². The summed E-state index contributed by atoms with van der Waals surface area (Å²) in [5.74, 6) is -2.43. The Bertz CT molecular complexity index is 824.